The van der Waals surface area contributed by atoms with Gasteiger partial charge in [0.2, 0.25) is 0 Å². The summed E-state index contributed by atoms with van der Waals surface area (Å²) in [4.78, 5) is 12.7. The van der Waals surface area contributed by atoms with E-state index in [0.29, 0.717) is 12.2 Å². The van der Waals surface area contributed by atoms with Crippen molar-refractivity contribution in [1.29, 1.82) is 0 Å². The van der Waals surface area contributed by atoms with E-state index in [1.165, 1.54) is 5.56 Å². The molecule has 0 bridgehead atoms. The molecule has 1 fully saturated rings. The Morgan fingerprint density at radius 3 is 2.45 bits per heavy atom. The zero-order valence-electron chi connectivity index (χ0n) is 16.2. The molecule has 1 saturated carbocycles. The van der Waals surface area contributed by atoms with E-state index in [2.05, 4.69) is 11.2 Å². The molecule has 29 heavy (non-hydrogen) atoms. The van der Waals surface area contributed by atoms with E-state index in [9.17, 15) is 4.79 Å². The average molecular weight is 409 g/mol. The van der Waals surface area contributed by atoms with Crippen LogP contribution >= 0.6 is 11.6 Å². The van der Waals surface area contributed by atoms with Gasteiger partial charge in [-0.1, -0.05) is 54.1 Å². The quantitative estimate of drug-likeness (QED) is 0.678. The number of nitrogens with two attached hydrogens (primary N) is 2. The van der Waals surface area contributed by atoms with Crippen molar-refractivity contribution >= 4 is 17.3 Å². The van der Waals surface area contributed by atoms with Crippen LogP contribution in [0.3, 0.4) is 0 Å². The summed E-state index contributed by atoms with van der Waals surface area (Å²) >= 11 is 6.21. The normalized spacial score (nSPS) is 21.8. The fourth-order valence-electron chi connectivity index (χ4n) is 4.36. The van der Waals surface area contributed by atoms with Crippen LogP contribution in [0.25, 0.3) is 11.3 Å². The van der Waals surface area contributed by atoms with Gasteiger partial charge in [0.1, 0.15) is 5.69 Å². The largest absolute Gasteiger partial charge is 0.394 e. The zero-order valence-corrected chi connectivity index (χ0v) is 17.0. The Labute approximate surface area is 175 Å². The summed E-state index contributed by atoms with van der Waals surface area (Å²) in [5, 5.41) is 5.38. The minimum absolute atomic E-state index is 0.00678. The summed E-state index contributed by atoms with van der Waals surface area (Å²) in [6, 6.07) is 19.4. The van der Waals surface area contributed by atoms with Crippen molar-refractivity contribution in [2.24, 2.45) is 5.73 Å². The topological polar surface area (TPSA) is 86.9 Å². The number of rotatable bonds is 4. The SMILES string of the molecule is NCC1(c2cccc(Cl)c2)CCC(n2nc(-c3ccccc3)cc(N)c2=O)CC1. The third-order valence-electron chi connectivity index (χ3n) is 6.12. The molecule has 1 aromatic heterocycles. The maximum Gasteiger partial charge on any atom is 0.290 e. The van der Waals surface area contributed by atoms with Crippen LogP contribution in [0.4, 0.5) is 5.69 Å². The molecule has 5 nitrogen and oxygen atoms in total. The number of hydrogen-bond donors (Lipinski definition) is 2. The number of benzene rings is 2. The van der Waals surface area contributed by atoms with Crippen molar-refractivity contribution in [3.63, 3.8) is 0 Å². The molecule has 0 radical (unpaired) electrons. The third-order valence-corrected chi connectivity index (χ3v) is 6.35. The second-order valence-corrected chi connectivity index (χ2v) is 8.26. The Morgan fingerprint density at radius 1 is 1.07 bits per heavy atom. The summed E-state index contributed by atoms with van der Waals surface area (Å²) in [7, 11) is 0. The number of halogens is 1. The Balaban J connectivity index is 1.63. The van der Waals surface area contributed by atoms with Gasteiger partial charge in [0.05, 0.1) is 11.7 Å². The minimum Gasteiger partial charge on any atom is -0.394 e. The van der Waals surface area contributed by atoms with E-state index in [0.717, 1.165) is 36.3 Å². The van der Waals surface area contributed by atoms with Crippen molar-refractivity contribution in [3.05, 3.63) is 81.6 Å². The van der Waals surface area contributed by atoms with Gasteiger partial charge in [-0.15, -0.1) is 0 Å². The first kappa shape index (κ1) is 19.7. The second-order valence-electron chi connectivity index (χ2n) is 7.83. The molecule has 4 N–H and O–H groups in total. The lowest BCUT2D eigenvalue weighted by molar-refractivity contribution is 0.222. The van der Waals surface area contributed by atoms with E-state index in [-0.39, 0.29) is 22.7 Å². The highest BCUT2D eigenvalue weighted by atomic mass is 35.5. The van der Waals surface area contributed by atoms with Crippen molar-refractivity contribution < 1.29 is 0 Å². The Kier molecular flexibility index (Phi) is 5.43. The molecule has 0 aliphatic heterocycles. The highest BCUT2D eigenvalue weighted by Crippen LogP contribution is 2.42. The molecular formula is C23H25ClN4O. The summed E-state index contributed by atoms with van der Waals surface area (Å²) in [6.45, 7) is 0.550. The number of nitrogen functional groups attached to an aromatic ring is 1. The molecule has 0 atom stereocenters. The molecule has 1 heterocycles. The number of nitrogens with zero attached hydrogens (tertiary/aromatic N) is 2. The molecule has 4 rings (SSSR count). The van der Waals surface area contributed by atoms with Crippen LogP contribution in [-0.4, -0.2) is 16.3 Å². The van der Waals surface area contributed by atoms with Gasteiger partial charge in [0.25, 0.3) is 5.56 Å². The minimum atomic E-state index is -0.224. The predicted octanol–water partition coefficient (Wildman–Crippen LogP) is 4.16. The fraction of sp³-hybridized carbons (Fsp3) is 0.304. The monoisotopic (exact) mass is 408 g/mol. The van der Waals surface area contributed by atoms with E-state index < -0.39 is 0 Å². The molecule has 150 valence electrons. The predicted molar refractivity (Wildman–Crippen MR) is 118 cm³/mol. The molecular weight excluding hydrogens is 384 g/mol. The van der Waals surface area contributed by atoms with E-state index >= 15 is 0 Å². The maximum atomic E-state index is 12.7. The van der Waals surface area contributed by atoms with Crippen molar-refractivity contribution in [2.75, 3.05) is 12.3 Å². The van der Waals surface area contributed by atoms with E-state index in [4.69, 9.17) is 23.1 Å². The Morgan fingerprint density at radius 2 is 1.79 bits per heavy atom. The zero-order chi connectivity index (χ0) is 20.4. The molecule has 0 amide bonds. The third kappa shape index (κ3) is 3.80. The van der Waals surface area contributed by atoms with Gasteiger partial charge in [-0.05, 0) is 49.4 Å². The molecule has 1 aliphatic rings. The second kappa shape index (κ2) is 8.01. The van der Waals surface area contributed by atoms with Gasteiger partial charge < -0.3 is 11.5 Å². The van der Waals surface area contributed by atoms with Crippen LogP contribution in [0.1, 0.15) is 37.3 Å². The molecule has 1 aliphatic carbocycles. The van der Waals surface area contributed by atoms with Crippen LogP contribution in [0.5, 0.6) is 0 Å². The van der Waals surface area contributed by atoms with Crippen molar-refractivity contribution in [3.8, 4) is 11.3 Å². The Bertz CT molecular complexity index is 1060. The first-order valence-corrected chi connectivity index (χ1v) is 10.3. The molecule has 0 unspecified atom stereocenters. The molecule has 2 aromatic carbocycles. The lowest BCUT2D eigenvalue weighted by atomic mass is 9.68. The number of aromatic nitrogens is 2. The maximum absolute atomic E-state index is 12.7. The first-order chi connectivity index (χ1) is 14.0. The smallest absolute Gasteiger partial charge is 0.290 e. The number of hydrogen-bond acceptors (Lipinski definition) is 4. The van der Waals surface area contributed by atoms with Gasteiger partial charge >= 0.3 is 0 Å². The van der Waals surface area contributed by atoms with Crippen molar-refractivity contribution in [1.82, 2.24) is 9.78 Å². The summed E-state index contributed by atoms with van der Waals surface area (Å²) in [5.41, 5.74) is 15.0. The van der Waals surface area contributed by atoms with Crippen LogP contribution in [-0.2, 0) is 5.41 Å². The van der Waals surface area contributed by atoms with Gasteiger partial charge in [-0.2, -0.15) is 5.10 Å². The first-order valence-electron chi connectivity index (χ1n) is 9.93. The van der Waals surface area contributed by atoms with Gasteiger partial charge in [0, 0.05) is 22.5 Å². The van der Waals surface area contributed by atoms with Crippen LogP contribution in [0, 0.1) is 0 Å². The average Bonchev–Trinajstić information content (AvgIpc) is 2.76. The Hall–Kier alpha value is -2.63. The van der Waals surface area contributed by atoms with Crippen molar-refractivity contribution in [2.45, 2.75) is 37.1 Å². The highest BCUT2D eigenvalue weighted by molar-refractivity contribution is 6.30. The van der Waals surface area contributed by atoms with Crippen LogP contribution in [0.2, 0.25) is 5.02 Å². The molecule has 0 saturated heterocycles. The van der Waals surface area contributed by atoms with E-state index in [1.807, 2.05) is 48.5 Å². The molecule has 3 aromatic rings. The van der Waals surface area contributed by atoms with Gasteiger partial charge in [0.15, 0.2) is 0 Å². The fourth-order valence-corrected chi connectivity index (χ4v) is 4.55. The van der Waals surface area contributed by atoms with E-state index in [1.54, 1.807) is 10.7 Å². The van der Waals surface area contributed by atoms with Crippen LogP contribution < -0.4 is 17.0 Å². The molecule has 6 heteroatoms. The highest BCUT2D eigenvalue weighted by Gasteiger charge is 2.37. The van der Waals surface area contributed by atoms with Crippen LogP contribution in [0.15, 0.2) is 65.5 Å². The van der Waals surface area contributed by atoms with Gasteiger partial charge in [-0.25, -0.2) is 4.68 Å². The summed E-state index contributed by atoms with van der Waals surface area (Å²) in [5.74, 6) is 0. The lowest BCUT2D eigenvalue weighted by Gasteiger charge is -2.40. The number of anilines is 1. The standard InChI is InChI=1S/C23H25ClN4O/c24-18-8-4-7-17(13-18)23(15-25)11-9-19(10-12-23)28-22(29)20(26)14-21(27-28)16-5-2-1-3-6-16/h1-8,13-14,19H,9-12,15,25-26H2. The lowest BCUT2D eigenvalue weighted by Crippen LogP contribution is -2.41. The van der Waals surface area contributed by atoms with Gasteiger partial charge in [-0.3, -0.25) is 4.79 Å². The summed E-state index contributed by atoms with van der Waals surface area (Å²) < 4.78 is 1.58. The summed E-state index contributed by atoms with van der Waals surface area (Å²) in [6.07, 6.45) is 3.37. The molecule has 0 spiro atoms.